The molecule has 0 atom stereocenters. The topological polar surface area (TPSA) is 69.0 Å². The minimum atomic E-state index is -0.121. The van der Waals surface area contributed by atoms with Crippen LogP contribution in [0.2, 0.25) is 5.02 Å². The van der Waals surface area contributed by atoms with E-state index in [0.29, 0.717) is 16.5 Å². The van der Waals surface area contributed by atoms with Gasteiger partial charge in [0.1, 0.15) is 12.1 Å². The lowest BCUT2D eigenvalue weighted by molar-refractivity contribution is -0.113. The van der Waals surface area contributed by atoms with E-state index in [4.69, 9.17) is 16.3 Å². The van der Waals surface area contributed by atoms with E-state index in [-0.39, 0.29) is 11.7 Å². The van der Waals surface area contributed by atoms with Gasteiger partial charge in [-0.15, -0.1) is 10.2 Å². The number of ether oxygens (including phenoxy) is 1. The van der Waals surface area contributed by atoms with Gasteiger partial charge in [-0.1, -0.05) is 43.1 Å². The molecule has 130 valence electrons. The van der Waals surface area contributed by atoms with Crippen molar-refractivity contribution in [2.75, 3.05) is 18.2 Å². The highest BCUT2D eigenvalue weighted by atomic mass is 35.5. The number of anilines is 1. The van der Waals surface area contributed by atoms with E-state index in [9.17, 15) is 4.79 Å². The Morgan fingerprint density at radius 1 is 1.42 bits per heavy atom. The summed E-state index contributed by atoms with van der Waals surface area (Å²) in [5.41, 5.74) is 0.635. The molecule has 1 aromatic heterocycles. The maximum Gasteiger partial charge on any atom is 0.234 e. The third-order valence-electron chi connectivity index (χ3n) is 3.35. The number of nitrogens with zero attached hydrogens (tertiary/aromatic N) is 3. The van der Waals surface area contributed by atoms with E-state index in [1.54, 1.807) is 31.6 Å². The summed E-state index contributed by atoms with van der Waals surface area (Å²) in [4.78, 5) is 12.1. The molecule has 0 radical (unpaired) electrons. The molecule has 0 aliphatic rings. The highest BCUT2D eigenvalue weighted by Crippen LogP contribution is 2.27. The molecular weight excluding hydrogens is 348 g/mol. The van der Waals surface area contributed by atoms with E-state index in [0.717, 1.165) is 24.5 Å². The molecule has 1 heterocycles. The normalized spacial score (nSPS) is 10.6. The predicted molar refractivity (Wildman–Crippen MR) is 96.9 cm³/mol. The smallest absolute Gasteiger partial charge is 0.234 e. The zero-order chi connectivity index (χ0) is 17.4. The van der Waals surface area contributed by atoms with Crippen LogP contribution in [-0.4, -0.2) is 33.5 Å². The quantitative estimate of drug-likeness (QED) is 0.537. The molecule has 0 aliphatic heterocycles. The van der Waals surface area contributed by atoms with Crippen LogP contribution in [-0.2, 0) is 11.3 Å². The van der Waals surface area contributed by atoms with Crippen molar-refractivity contribution in [3.63, 3.8) is 0 Å². The summed E-state index contributed by atoms with van der Waals surface area (Å²) < 4.78 is 7.07. The minimum absolute atomic E-state index is 0.121. The molecule has 0 saturated carbocycles. The molecule has 0 bridgehead atoms. The number of rotatable bonds is 9. The van der Waals surface area contributed by atoms with Crippen LogP contribution in [0.1, 0.15) is 26.2 Å². The first-order valence-corrected chi connectivity index (χ1v) is 9.14. The second kappa shape index (κ2) is 9.54. The lowest BCUT2D eigenvalue weighted by Gasteiger charge is -2.08. The van der Waals surface area contributed by atoms with Crippen LogP contribution >= 0.6 is 23.4 Å². The molecule has 0 unspecified atom stereocenters. The van der Waals surface area contributed by atoms with Crippen molar-refractivity contribution in [1.82, 2.24) is 14.8 Å². The van der Waals surface area contributed by atoms with Crippen molar-refractivity contribution in [2.45, 2.75) is 37.9 Å². The summed E-state index contributed by atoms with van der Waals surface area (Å²) in [5, 5.41) is 12.0. The number of methoxy groups -OCH3 is 1. The van der Waals surface area contributed by atoms with Gasteiger partial charge in [0.2, 0.25) is 5.91 Å². The van der Waals surface area contributed by atoms with Gasteiger partial charge < -0.3 is 14.6 Å². The number of carbonyl (C=O) groups is 1. The number of unbranched alkanes of at least 4 members (excludes halogenated alkanes) is 2. The number of thioether (sulfide) groups is 1. The maximum atomic E-state index is 12.1. The van der Waals surface area contributed by atoms with E-state index < -0.39 is 0 Å². The number of aryl methyl sites for hydroxylation is 1. The summed E-state index contributed by atoms with van der Waals surface area (Å²) >= 11 is 7.42. The second-order valence-electron chi connectivity index (χ2n) is 5.20. The number of hydrogen-bond donors (Lipinski definition) is 1. The fraction of sp³-hybridized carbons (Fsp3) is 0.438. The third-order valence-corrected chi connectivity index (χ3v) is 4.63. The molecule has 2 rings (SSSR count). The first-order valence-electron chi connectivity index (χ1n) is 7.78. The zero-order valence-corrected chi connectivity index (χ0v) is 15.4. The molecule has 1 amide bonds. The lowest BCUT2D eigenvalue weighted by Crippen LogP contribution is -2.14. The SMILES string of the molecule is CCCCCn1cnnc1SCC(=O)Nc1ccc(OC)c(Cl)c1. The third kappa shape index (κ3) is 5.42. The number of nitrogens with one attached hydrogen (secondary N) is 1. The number of hydrogen-bond acceptors (Lipinski definition) is 5. The minimum Gasteiger partial charge on any atom is -0.495 e. The Bertz CT molecular complexity index is 678. The van der Waals surface area contributed by atoms with Crippen molar-refractivity contribution in [3.05, 3.63) is 29.5 Å². The van der Waals surface area contributed by atoms with Crippen molar-refractivity contribution in [3.8, 4) is 5.75 Å². The van der Waals surface area contributed by atoms with Crippen LogP contribution in [0.3, 0.4) is 0 Å². The van der Waals surface area contributed by atoms with E-state index in [2.05, 4.69) is 22.4 Å². The Hall–Kier alpha value is -1.73. The number of carbonyl (C=O) groups excluding carboxylic acids is 1. The Morgan fingerprint density at radius 3 is 2.96 bits per heavy atom. The van der Waals surface area contributed by atoms with Gasteiger partial charge in [-0.25, -0.2) is 0 Å². The van der Waals surface area contributed by atoms with Crippen molar-refractivity contribution in [1.29, 1.82) is 0 Å². The van der Waals surface area contributed by atoms with Crippen LogP contribution in [0.15, 0.2) is 29.7 Å². The van der Waals surface area contributed by atoms with Crippen LogP contribution in [0.4, 0.5) is 5.69 Å². The van der Waals surface area contributed by atoms with Crippen LogP contribution in [0, 0.1) is 0 Å². The van der Waals surface area contributed by atoms with Crippen LogP contribution < -0.4 is 10.1 Å². The molecule has 6 nitrogen and oxygen atoms in total. The van der Waals surface area contributed by atoms with Crippen molar-refractivity contribution in [2.24, 2.45) is 0 Å². The van der Waals surface area contributed by atoms with E-state index >= 15 is 0 Å². The Morgan fingerprint density at radius 2 is 2.25 bits per heavy atom. The van der Waals surface area contributed by atoms with E-state index in [1.807, 2.05) is 4.57 Å². The lowest BCUT2D eigenvalue weighted by atomic mass is 10.2. The van der Waals surface area contributed by atoms with Gasteiger partial charge in [0, 0.05) is 12.2 Å². The van der Waals surface area contributed by atoms with Gasteiger partial charge in [-0.3, -0.25) is 4.79 Å². The fourth-order valence-electron chi connectivity index (χ4n) is 2.11. The highest BCUT2D eigenvalue weighted by molar-refractivity contribution is 7.99. The summed E-state index contributed by atoms with van der Waals surface area (Å²) in [6, 6.07) is 5.13. The van der Waals surface area contributed by atoms with Gasteiger partial charge in [0.05, 0.1) is 17.9 Å². The molecule has 8 heteroatoms. The largest absolute Gasteiger partial charge is 0.495 e. The standard InChI is InChI=1S/C16H21ClN4O2S/c1-3-4-5-8-21-11-18-20-16(21)24-10-15(22)19-12-6-7-14(23-2)13(17)9-12/h6-7,9,11H,3-5,8,10H2,1-2H3,(H,19,22). The zero-order valence-electron chi connectivity index (χ0n) is 13.8. The average Bonchev–Trinajstić information content (AvgIpc) is 3.01. The fourth-order valence-corrected chi connectivity index (χ4v) is 3.11. The van der Waals surface area contributed by atoms with Crippen molar-refractivity contribution < 1.29 is 9.53 Å². The Kier molecular flexibility index (Phi) is 7.39. The van der Waals surface area contributed by atoms with Gasteiger partial charge in [-0.05, 0) is 24.6 Å². The molecule has 0 saturated heterocycles. The summed E-state index contributed by atoms with van der Waals surface area (Å²) in [6.07, 6.45) is 5.12. The molecule has 0 fully saturated rings. The van der Waals surface area contributed by atoms with Crippen molar-refractivity contribution >= 4 is 35.0 Å². The van der Waals surface area contributed by atoms with Gasteiger partial charge in [0.25, 0.3) is 0 Å². The molecular formula is C16H21ClN4O2S. The first-order chi connectivity index (χ1) is 11.6. The van der Waals surface area contributed by atoms with Crippen LogP contribution in [0.25, 0.3) is 0 Å². The number of halogens is 1. The Labute approximate surface area is 150 Å². The molecule has 1 aromatic carbocycles. The monoisotopic (exact) mass is 368 g/mol. The molecule has 0 aliphatic carbocycles. The molecule has 24 heavy (non-hydrogen) atoms. The summed E-state index contributed by atoms with van der Waals surface area (Å²) in [7, 11) is 1.55. The summed E-state index contributed by atoms with van der Waals surface area (Å²) in [5.74, 6) is 0.712. The number of aromatic nitrogens is 3. The average molecular weight is 369 g/mol. The number of benzene rings is 1. The molecule has 0 spiro atoms. The first kappa shape index (κ1) is 18.6. The van der Waals surface area contributed by atoms with E-state index in [1.165, 1.54) is 18.2 Å². The molecule has 1 N–H and O–H groups in total. The maximum absolute atomic E-state index is 12.1. The second-order valence-corrected chi connectivity index (χ2v) is 6.55. The number of amides is 1. The van der Waals surface area contributed by atoms with Gasteiger partial charge in [-0.2, -0.15) is 0 Å². The van der Waals surface area contributed by atoms with Gasteiger partial charge in [0.15, 0.2) is 5.16 Å². The summed E-state index contributed by atoms with van der Waals surface area (Å²) in [6.45, 7) is 3.04. The Balaban J connectivity index is 1.85. The van der Waals surface area contributed by atoms with Gasteiger partial charge >= 0.3 is 0 Å². The molecule has 2 aromatic rings. The predicted octanol–water partition coefficient (Wildman–Crippen LogP) is 3.86. The van der Waals surface area contributed by atoms with Crippen LogP contribution in [0.5, 0.6) is 5.75 Å². The highest BCUT2D eigenvalue weighted by Gasteiger charge is 2.10.